The summed E-state index contributed by atoms with van der Waals surface area (Å²) in [6.45, 7) is 0.630. The van der Waals surface area contributed by atoms with E-state index < -0.39 is 6.61 Å². The summed E-state index contributed by atoms with van der Waals surface area (Å²) in [5, 5.41) is 20.8. The normalized spacial score (nSPS) is 14.1. The Morgan fingerprint density at radius 2 is 1.83 bits per heavy atom. The molecule has 184 valence electrons. The first kappa shape index (κ1) is 23.9. The molecular formula is C26H24ClFN6O2. The quantitative estimate of drug-likeness (QED) is 0.348. The Morgan fingerprint density at radius 3 is 2.53 bits per heavy atom. The number of carbonyl (C=O) groups excluding carboxylic acids is 1. The lowest BCUT2D eigenvalue weighted by atomic mass is 9.89. The highest BCUT2D eigenvalue weighted by Crippen LogP contribution is 2.39. The van der Waals surface area contributed by atoms with Gasteiger partial charge in [-0.05, 0) is 55.3 Å². The van der Waals surface area contributed by atoms with Gasteiger partial charge in [-0.2, -0.15) is 5.10 Å². The molecule has 1 aliphatic rings. The van der Waals surface area contributed by atoms with E-state index in [9.17, 15) is 14.3 Å². The molecule has 36 heavy (non-hydrogen) atoms. The number of amides is 1. The minimum Gasteiger partial charge on any atom is -0.387 e. The van der Waals surface area contributed by atoms with Gasteiger partial charge in [0, 0.05) is 52.7 Å². The van der Waals surface area contributed by atoms with Crippen LogP contribution in [0.5, 0.6) is 0 Å². The van der Waals surface area contributed by atoms with Crippen molar-refractivity contribution in [2.24, 2.45) is 0 Å². The maximum Gasteiger partial charge on any atom is 0.248 e. The Bertz CT molecular complexity index is 1350. The first-order valence-electron chi connectivity index (χ1n) is 11.6. The van der Waals surface area contributed by atoms with Crippen molar-refractivity contribution >= 4 is 29.1 Å². The molecule has 0 spiro atoms. The second-order valence-corrected chi connectivity index (χ2v) is 9.01. The minimum atomic E-state index is -0.481. The van der Waals surface area contributed by atoms with E-state index in [0.717, 1.165) is 35.4 Å². The van der Waals surface area contributed by atoms with Crippen molar-refractivity contribution in [2.45, 2.75) is 18.8 Å². The number of hydrogen-bond donors (Lipinski definition) is 3. The highest BCUT2D eigenvalue weighted by atomic mass is 35.5. The zero-order chi connectivity index (χ0) is 25.1. The molecule has 0 radical (unpaired) electrons. The van der Waals surface area contributed by atoms with Crippen molar-refractivity contribution in [3.8, 4) is 22.5 Å². The summed E-state index contributed by atoms with van der Waals surface area (Å²) >= 11 is 6.11. The van der Waals surface area contributed by atoms with Gasteiger partial charge in [-0.15, -0.1) is 0 Å². The van der Waals surface area contributed by atoms with E-state index in [1.54, 1.807) is 23.2 Å². The number of likely N-dealkylation sites (tertiary alicyclic amines) is 1. The number of anilines is 2. The summed E-state index contributed by atoms with van der Waals surface area (Å²) in [6, 6.07) is 15.3. The number of aromatic amines is 1. The van der Waals surface area contributed by atoms with Crippen molar-refractivity contribution in [3.63, 3.8) is 0 Å². The SMILES string of the molecule is O=C(CO)N1CCC(c2[nH]nc(-c3ccc(Cl)cc3)c2-c2ccnc(Nc3ccc(F)cc3)n2)CC1. The van der Waals surface area contributed by atoms with E-state index in [1.165, 1.54) is 12.1 Å². The zero-order valence-electron chi connectivity index (χ0n) is 19.3. The van der Waals surface area contributed by atoms with E-state index in [1.807, 2.05) is 30.3 Å². The van der Waals surface area contributed by atoms with E-state index in [2.05, 4.69) is 20.5 Å². The molecule has 3 heterocycles. The summed E-state index contributed by atoms with van der Waals surface area (Å²) in [5.41, 5.74) is 4.76. The Balaban J connectivity index is 1.51. The zero-order valence-corrected chi connectivity index (χ0v) is 20.0. The van der Waals surface area contributed by atoms with Crippen LogP contribution >= 0.6 is 11.6 Å². The predicted octanol–water partition coefficient (Wildman–Crippen LogP) is 4.77. The number of rotatable bonds is 6. The lowest BCUT2D eigenvalue weighted by Gasteiger charge is -2.31. The molecule has 4 aromatic rings. The standard InChI is InChI=1S/C26H24ClFN6O2/c27-18-3-1-16(2-4-18)24-23(25(33-32-24)17-10-13-34(14-11-17)22(36)15-35)21-9-12-29-26(31-21)30-20-7-5-19(28)6-8-20/h1-9,12,17,35H,10-11,13-15H2,(H,32,33)(H,29,30,31). The molecule has 10 heteroatoms. The molecule has 0 aliphatic carbocycles. The number of hydrogen-bond acceptors (Lipinski definition) is 6. The molecule has 1 amide bonds. The third-order valence-corrected chi connectivity index (χ3v) is 6.57. The Morgan fingerprint density at radius 1 is 1.11 bits per heavy atom. The minimum absolute atomic E-state index is 0.125. The molecule has 1 fully saturated rings. The molecule has 1 aliphatic heterocycles. The van der Waals surface area contributed by atoms with Crippen LogP contribution in [-0.4, -0.2) is 55.8 Å². The van der Waals surface area contributed by atoms with Gasteiger partial charge in [0.15, 0.2) is 0 Å². The number of aliphatic hydroxyl groups is 1. The van der Waals surface area contributed by atoms with Crippen LogP contribution in [0.2, 0.25) is 5.02 Å². The molecule has 0 saturated carbocycles. The molecule has 2 aromatic heterocycles. The Labute approximate surface area is 212 Å². The molecule has 0 atom stereocenters. The molecular weight excluding hydrogens is 483 g/mol. The number of carbonyl (C=O) groups is 1. The van der Waals surface area contributed by atoms with Crippen molar-refractivity contribution < 1.29 is 14.3 Å². The number of nitrogens with one attached hydrogen (secondary N) is 2. The van der Waals surface area contributed by atoms with E-state index in [0.29, 0.717) is 35.4 Å². The average molecular weight is 507 g/mol. The van der Waals surface area contributed by atoms with Gasteiger partial charge in [-0.25, -0.2) is 14.4 Å². The van der Waals surface area contributed by atoms with Crippen LogP contribution in [-0.2, 0) is 4.79 Å². The third-order valence-electron chi connectivity index (χ3n) is 6.32. The topological polar surface area (TPSA) is 107 Å². The number of aliphatic hydroxyl groups excluding tert-OH is 1. The van der Waals surface area contributed by atoms with E-state index in [-0.39, 0.29) is 17.6 Å². The smallest absolute Gasteiger partial charge is 0.248 e. The highest BCUT2D eigenvalue weighted by molar-refractivity contribution is 6.30. The van der Waals surface area contributed by atoms with Gasteiger partial charge in [-0.1, -0.05) is 23.7 Å². The van der Waals surface area contributed by atoms with Gasteiger partial charge in [0.1, 0.15) is 18.1 Å². The van der Waals surface area contributed by atoms with Crippen molar-refractivity contribution in [3.05, 3.63) is 77.3 Å². The first-order chi connectivity index (χ1) is 17.5. The molecule has 3 N–H and O–H groups in total. The second kappa shape index (κ2) is 10.4. The van der Waals surface area contributed by atoms with Gasteiger partial charge in [-0.3, -0.25) is 9.89 Å². The average Bonchev–Trinajstić information content (AvgIpc) is 3.35. The molecule has 8 nitrogen and oxygen atoms in total. The van der Waals surface area contributed by atoms with Gasteiger partial charge in [0.05, 0.1) is 5.69 Å². The fourth-order valence-electron chi connectivity index (χ4n) is 4.46. The summed E-state index contributed by atoms with van der Waals surface area (Å²) in [4.78, 5) is 22.7. The largest absolute Gasteiger partial charge is 0.387 e. The van der Waals surface area contributed by atoms with Crippen molar-refractivity contribution in [2.75, 3.05) is 25.0 Å². The van der Waals surface area contributed by atoms with Crippen molar-refractivity contribution in [1.29, 1.82) is 0 Å². The van der Waals surface area contributed by atoms with E-state index in [4.69, 9.17) is 16.6 Å². The van der Waals surface area contributed by atoms with Crippen molar-refractivity contribution in [1.82, 2.24) is 25.1 Å². The summed E-state index contributed by atoms with van der Waals surface area (Å²) < 4.78 is 13.3. The fraction of sp³-hybridized carbons (Fsp3) is 0.231. The van der Waals surface area contributed by atoms with Crippen LogP contribution in [0.25, 0.3) is 22.5 Å². The van der Waals surface area contributed by atoms with Crippen LogP contribution in [0.15, 0.2) is 60.8 Å². The van der Waals surface area contributed by atoms with Crippen LogP contribution < -0.4 is 5.32 Å². The lowest BCUT2D eigenvalue weighted by Crippen LogP contribution is -2.39. The second-order valence-electron chi connectivity index (χ2n) is 8.58. The summed E-state index contributed by atoms with van der Waals surface area (Å²) in [6.07, 6.45) is 3.12. The number of halogens is 2. The number of piperidine rings is 1. The maximum atomic E-state index is 13.3. The number of aromatic nitrogens is 4. The number of nitrogens with zero attached hydrogens (tertiary/aromatic N) is 4. The van der Waals surface area contributed by atoms with Crippen LogP contribution in [0.1, 0.15) is 24.5 Å². The monoisotopic (exact) mass is 506 g/mol. The third kappa shape index (κ3) is 5.07. The van der Waals surface area contributed by atoms with Crippen LogP contribution in [0.4, 0.5) is 16.0 Å². The molecule has 0 unspecified atom stereocenters. The predicted molar refractivity (Wildman–Crippen MR) is 135 cm³/mol. The lowest BCUT2D eigenvalue weighted by molar-refractivity contribution is -0.135. The first-order valence-corrected chi connectivity index (χ1v) is 12.0. The van der Waals surface area contributed by atoms with Gasteiger partial charge < -0.3 is 15.3 Å². The van der Waals surface area contributed by atoms with Crippen LogP contribution in [0, 0.1) is 5.82 Å². The Kier molecular flexibility index (Phi) is 6.92. The Hall–Kier alpha value is -3.82. The highest BCUT2D eigenvalue weighted by Gasteiger charge is 2.29. The molecule has 1 saturated heterocycles. The fourth-order valence-corrected chi connectivity index (χ4v) is 4.59. The molecule has 2 aromatic carbocycles. The van der Waals surface area contributed by atoms with Crippen LogP contribution in [0.3, 0.4) is 0 Å². The van der Waals surface area contributed by atoms with E-state index >= 15 is 0 Å². The van der Waals surface area contributed by atoms with Gasteiger partial charge in [0.25, 0.3) is 0 Å². The van der Waals surface area contributed by atoms with Gasteiger partial charge >= 0.3 is 0 Å². The molecule has 0 bridgehead atoms. The maximum absolute atomic E-state index is 13.3. The summed E-state index contributed by atoms with van der Waals surface area (Å²) in [7, 11) is 0. The summed E-state index contributed by atoms with van der Waals surface area (Å²) in [5.74, 6) is -0.0820. The van der Waals surface area contributed by atoms with Gasteiger partial charge in [0.2, 0.25) is 11.9 Å². The number of benzene rings is 2. The molecule has 5 rings (SSSR count). The number of H-pyrrole nitrogens is 1.